The molecule has 0 aliphatic heterocycles. The number of halogens is 1. The molecule has 0 saturated carbocycles. The molecule has 0 aromatic carbocycles. The van der Waals surface area contributed by atoms with Gasteiger partial charge in [-0.1, -0.05) is 0 Å². The first-order valence-electron chi connectivity index (χ1n) is 6.75. The molecular weight excluding hydrogens is 352 g/mol. The lowest BCUT2D eigenvalue weighted by Crippen LogP contribution is -2.32. The molecule has 2 aromatic rings. The second-order valence-electron chi connectivity index (χ2n) is 5.38. The Labute approximate surface area is 137 Å². The van der Waals surface area contributed by atoms with Gasteiger partial charge in [-0.25, -0.2) is 0 Å². The molecule has 0 saturated heterocycles. The fourth-order valence-electron chi connectivity index (χ4n) is 2.31. The van der Waals surface area contributed by atoms with E-state index in [4.69, 9.17) is 5.73 Å². The lowest BCUT2D eigenvalue weighted by atomic mass is 10.2. The Hall–Kier alpha value is -0.890. The second kappa shape index (κ2) is 6.91. The van der Waals surface area contributed by atoms with Gasteiger partial charge in [0.2, 0.25) is 0 Å². The summed E-state index contributed by atoms with van der Waals surface area (Å²) in [5.74, 6) is 0. The number of aryl methyl sites for hydroxylation is 1. The lowest BCUT2D eigenvalue weighted by molar-refractivity contribution is 0.103. The maximum atomic E-state index is 10.2. The van der Waals surface area contributed by atoms with Crippen LogP contribution in [0.15, 0.2) is 15.2 Å². The van der Waals surface area contributed by atoms with Crippen LogP contribution >= 0.6 is 27.3 Å². The third kappa shape index (κ3) is 4.29. The minimum absolute atomic E-state index is 0.460. The van der Waals surface area contributed by atoms with Crippen LogP contribution in [0.4, 0.5) is 5.69 Å². The van der Waals surface area contributed by atoms with E-state index in [-0.39, 0.29) is 0 Å². The molecule has 21 heavy (non-hydrogen) atoms. The first kappa shape index (κ1) is 16.5. The summed E-state index contributed by atoms with van der Waals surface area (Å²) in [5, 5.41) is 16.7. The molecule has 0 amide bonds. The Balaban J connectivity index is 1.88. The van der Waals surface area contributed by atoms with Crippen LogP contribution in [0.25, 0.3) is 0 Å². The van der Waals surface area contributed by atoms with Crippen molar-refractivity contribution in [2.24, 2.45) is 0 Å². The summed E-state index contributed by atoms with van der Waals surface area (Å²) in [6.07, 6.45) is -0.477. The van der Waals surface area contributed by atoms with E-state index < -0.39 is 6.10 Å². The number of aromatic nitrogens is 2. The van der Waals surface area contributed by atoms with Crippen molar-refractivity contribution in [3.63, 3.8) is 0 Å². The third-order valence-corrected chi connectivity index (χ3v) is 4.97. The predicted octanol–water partition coefficient (Wildman–Crippen LogP) is 2.40. The highest BCUT2D eigenvalue weighted by atomic mass is 79.9. The second-order valence-corrected chi connectivity index (χ2v) is 7.67. The van der Waals surface area contributed by atoms with Crippen LogP contribution in [0.3, 0.4) is 0 Å². The van der Waals surface area contributed by atoms with Gasteiger partial charge in [-0.05, 0) is 53.8 Å². The molecule has 5 nitrogen and oxygen atoms in total. The van der Waals surface area contributed by atoms with E-state index in [0.717, 1.165) is 21.7 Å². The smallest absolute Gasteiger partial charge is 0.0862 e. The van der Waals surface area contributed by atoms with Gasteiger partial charge >= 0.3 is 0 Å². The van der Waals surface area contributed by atoms with Crippen molar-refractivity contribution in [3.8, 4) is 0 Å². The Kier molecular flexibility index (Phi) is 5.43. The van der Waals surface area contributed by atoms with E-state index in [1.54, 1.807) is 16.0 Å². The number of nitrogens with two attached hydrogens (primary N) is 1. The molecule has 0 radical (unpaired) electrons. The average molecular weight is 373 g/mol. The number of anilines is 1. The number of nitrogens with zero attached hydrogens (tertiary/aromatic N) is 3. The number of aliphatic hydroxyl groups is 1. The fourth-order valence-corrected chi connectivity index (χ4v) is 3.51. The average Bonchev–Trinajstić information content (AvgIpc) is 2.89. The number of aliphatic hydroxyl groups excluding tert-OH is 1. The Morgan fingerprint density at radius 3 is 2.76 bits per heavy atom. The molecule has 0 spiro atoms. The van der Waals surface area contributed by atoms with Gasteiger partial charge in [0, 0.05) is 13.1 Å². The van der Waals surface area contributed by atoms with Crippen LogP contribution < -0.4 is 5.73 Å². The van der Waals surface area contributed by atoms with Gasteiger partial charge in [-0.3, -0.25) is 9.58 Å². The molecule has 0 aliphatic rings. The molecular formula is C14H21BrN4OS. The van der Waals surface area contributed by atoms with Crippen LogP contribution in [0.1, 0.15) is 17.0 Å². The van der Waals surface area contributed by atoms with E-state index in [0.29, 0.717) is 18.8 Å². The van der Waals surface area contributed by atoms with Gasteiger partial charge in [0.15, 0.2) is 0 Å². The van der Waals surface area contributed by atoms with Crippen molar-refractivity contribution >= 4 is 33.0 Å². The minimum Gasteiger partial charge on any atom is -0.396 e. The van der Waals surface area contributed by atoms with Crippen LogP contribution in [-0.2, 0) is 13.1 Å². The molecule has 116 valence electrons. The van der Waals surface area contributed by atoms with Crippen molar-refractivity contribution < 1.29 is 5.11 Å². The molecule has 2 heterocycles. The van der Waals surface area contributed by atoms with Crippen LogP contribution in [0.2, 0.25) is 0 Å². The Morgan fingerprint density at radius 2 is 2.24 bits per heavy atom. The largest absolute Gasteiger partial charge is 0.396 e. The van der Waals surface area contributed by atoms with Crippen molar-refractivity contribution in [2.45, 2.75) is 33.0 Å². The van der Waals surface area contributed by atoms with Crippen LogP contribution in [-0.4, -0.2) is 39.5 Å². The maximum Gasteiger partial charge on any atom is 0.0862 e. The van der Waals surface area contributed by atoms with E-state index in [1.807, 2.05) is 20.9 Å². The van der Waals surface area contributed by atoms with Crippen molar-refractivity contribution in [1.82, 2.24) is 14.7 Å². The monoisotopic (exact) mass is 372 g/mol. The van der Waals surface area contributed by atoms with Gasteiger partial charge < -0.3 is 10.8 Å². The quantitative estimate of drug-likeness (QED) is 0.816. The van der Waals surface area contributed by atoms with Crippen LogP contribution in [0.5, 0.6) is 0 Å². The standard InChI is InChI=1S/C14H21BrN4OS/c1-9-14(16)10(2)19(17-9)7-12(20)6-18(3)5-11-4-13(15)21-8-11/h4,8,12,20H,5-7,16H2,1-3H3. The summed E-state index contributed by atoms with van der Waals surface area (Å²) in [6, 6.07) is 2.11. The zero-order chi connectivity index (χ0) is 15.6. The highest BCUT2D eigenvalue weighted by molar-refractivity contribution is 9.11. The van der Waals surface area contributed by atoms with Gasteiger partial charge in [-0.15, -0.1) is 11.3 Å². The van der Waals surface area contributed by atoms with Crippen LogP contribution in [0, 0.1) is 13.8 Å². The summed E-state index contributed by atoms with van der Waals surface area (Å²) >= 11 is 5.14. The lowest BCUT2D eigenvalue weighted by Gasteiger charge is -2.20. The molecule has 3 N–H and O–H groups in total. The first-order valence-corrected chi connectivity index (χ1v) is 8.43. The predicted molar refractivity (Wildman–Crippen MR) is 90.5 cm³/mol. The summed E-state index contributed by atoms with van der Waals surface area (Å²) in [6.45, 7) is 5.67. The van der Waals surface area contributed by atoms with Gasteiger partial charge in [-0.2, -0.15) is 5.10 Å². The van der Waals surface area contributed by atoms with Crippen molar-refractivity contribution in [3.05, 3.63) is 32.2 Å². The van der Waals surface area contributed by atoms with E-state index in [2.05, 4.69) is 37.4 Å². The topological polar surface area (TPSA) is 67.3 Å². The van der Waals surface area contributed by atoms with E-state index in [9.17, 15) is 5.11 Å². The Morgan fingerprint density at radius 1 is 1.52 bits per heavy atom. The normalized spacial score (nSPS) is 13.0. The van der Waals surface area contributed by atoms with E-state index >= 15 is 0 Å². The van der Waals surface area contributed by atoms with Crippen molar-refractivity contribution in [1.29, 1.82) is 0 Å². The molecule has 2 aromatic heterocycles. The molecule has 2 rings (SSSR count). The molecule has 0 aliphatic carbocycles. The molecule has 0 bridgehead atoms. The fraction of sp³-hybridized carbons (Fsp3) is 0.500. The number of thiophene rings is 1. The highest BCUT2D eigenvalue weighted by Gasteiger charge is 2.14. The maximum absolute atomic E-state index is 10.2. The Bertz CT molecular complexity index is 610. The molecule has 1 atom stereocenters. The first-order chi connectivity index (χ1) is 9.86. The number of hydrogen-bond acceptors (Lipinski definition) is 5. The number of nitrogen functional groups attached to an aromatic ring is 1. The van der Waals surface area contributed by atoms with Gasteiger partial charge in [0.1, 0.15) is 0 Å². The van der Waals surface area contributed by atoms with E-state index in [1.165, 1.54) is 5.56 Å². The number of hydrogen-bond donors (Lipinski definition) is 2. The summed E-state index contributed by atoms with van der Waals surface area (Å²) in [4.78, 5) is 2.11. The number of rotatable bonds is 6. The molecule has 7 heteroatoms. The third-order valence-electron chi connectivity index (χ3n) is 3.42. The van der Waals surface area contributed by atoms with Gasteiger partial charge in [0.05, 0.1) is 33.5 Å². The van der Waals surface area contributed by atoms with Gasteiger partial charge in [0.25, 0.3) is 0 Å². The zero-order valence-corrected chi connectivity index (χ0v) is 14.9. The van der Waals surface area contributed by atoms with Crippen molar-refractivity contribution in [2.75, 3.05) is 19.3 Å². The molecule has 0 fully saturated rings. The zero-order valence-electron chi connectivity index (χ0n) is 12.5. The summed E-state index contributed by atoms with van der Waals surface area (Å²) < 4.78 is 2.91. The summed E-state index contributed by atoms with van der Waals surface area (Å²) in [7, 11) is 2.00. The molecule has 1 unspecified atom stereocenters. The SMILES string of the molecule is Cc1nn(CC(O)CN(C)Cc2csc(Br)c2)c(C)c1N. The number of likely N-dealkylation sites (N-methyl/N-ethyl adjacent to an activating group) is 1. The minimum atomic E-state index is -0.477. The summed E-state index contributed by atoms with van der Waals surface area (Å²) in [5.41, 5.74) is 9.59. The highest BCUT2D eigenvalue weighted by Crippen LogP contribution is 2.21.